The molecule has 3 heterocycles. The van der Waals surface area contributed by atoms with Crippen molar-refractivity contribution < 1.29 is 19.4 Å². The maximum atomic E-state index is 12.4. The number of benzene rings is 1. The van der Waals surface area contributed by atoms with Crippen molar-refractivity contribution in [2.45, 2.75) is 89.0 Å². The van der Waals surface area contributed by atoms with Crippen LogP contribution in [0.25, 0.3) is 0 Å². The maximum Gasteiger partial charge on any atom is 0.303 e. The van der Waals surface area contributed by atoms with Crippen molar-refractivity contribution in [1.29, 1.82) is 0 Å². The van der Waals surface area contributed by atoms with Gasteiger partial charge >= 0.3 is 5.97 Å². The van der Waals surface area contributed by atoms with Crippen LogP contribution in [0.3, 0.4) is 0 Å². The molecule has 1 saturated carbocycles. The second kappa shape index (κ2) is 7.23. The van der Waals surface area contributed by atoms with Gasteiger partial charge in [-0.25, -0.2) is 0 Å². The predicted molar refractivity (Wildman–Crippen MR) is 134 cm³/mol. The molecule has 0 radical (unpaired) electrons. The molecule has 1 aliphatic carbocycles. The molecule has 186 valence electrons. The van der Waals surface area contributed by atoms with Crippen LogP contribution < -0.4 is 9.64 Å². The van der Waals surface area contributed by atoms with Crippen LogP contribution in [0.2, 0.25) is 0 Å². The lowest BCUT2D eigenvalue weighted by molar-refractivity contribution is -0.213. The Morgan fingerprint density at radius 2 is 1.97 bits per heavy atom. The van der Waals surface area contributed by atoms with E-state index in [0.717, 1.165) is 37.4 Å². The lowest BCUT2D eigenvalue weighted by atomic mass is 9.48. The van der Waals surface area contributed by atoms with Crippen LogP contribution in [0, 0.1) is 5.41 Å². The third kappa shape index (κ3) is 2.73. The summed E-state index contributed by atoms with van der Waals surface area (Å²) in [7, 11) is 3.81. The highest BCUT2D eigenvalue weighted by Crippen LogP contribution is 2.67. The molecule has 0 aromatic heterocycles. The topological polar surface area (TPSA) is 62.2 Å². The Hall–Kier alpha value is -2.05. The zero-order valence-corrected chi connectivity index (χ0v) is 21.9. The molecule has 5 rings (SSSR count). The zero-order valence-electron chi connectivity index (χ0n) is 21.9. The van der Waals surface area contributed by atoms with Gasteiger partial charge < -0.3 is 19.5 Å². The molecule has 4 aliphatic rings. The van der Waals surface area contributed by atoms with Gasteiger partial charge in [-0.15, -0.1) is 0 Å². The van der Waals surface area contributed by atoms with E-state index in [9.17, 15) is 9.90 Å². The highest BCUT2D eigenvalue weighted by atomic mass is 16.6. The second-order valence-electron chi connectivity index (χ2n) is 12.1. The fourth-order valence-corrected chi connectivity index (χ4v) is 8.35. The Balaban J connectivity index is 1.84. The molecule has 1 saturated heterocycles. The summed E-state index contributed by atoms with van der Waals surface area (Å²) in [5, 5.41) is 12.4. The first-order chi connectivity index (χ1) is 15.9. The molecule has 5 unspecified atom stereocenters. The van der Waals surface area contributed by atoms with Crippen molar-refractivity contribution >= 4 is 11.7 Å². The number of rotatable bonds is 3. The first-order valence-electron chi connectivity index (χ1n) is 12.6. The number of ether oxygens (including phenoxy) is 2. The highest BCUT2D eigenvalue weighted by molar-refractivity contribution is 5.72. The van der Waals surface area contributed by atoms with Crippen LogP contribution >= 0.6 is 0 Å². The van der Waals surface area contributed by atoms with Gasteiger partial charge in [-0.3, -0.25) is 9.69 Å². The van der Waals surface area contributed by atoms with Gasteiger partial charge in [0.25, 0.3) is 0 Å². The average Bonchev–Trinajstić information content (AvgIpc) is 3.27. The van der Waals surface area contributed by atoms with Crippen molar-refractivity contribution in [2.24, 2.45) is 5.41 Å². The molecule has 1 aromatic rings. The van der Waals surface area contributed by atoms with Crippen LogP contribution in [0.1, 0.15) is 65.5 Å². The summed E-state index contributed by atoms with van der Waals surface area (Å²) < 4.78 is 11.9. The molecule has 3 aliphatic heterocycles. The van der Waals surface area contributed by atoms with Crippen molar-refractivity contribution in [3.63, 3.8) is 0 Å². The Labute approximate surface area is 203 Å². The van der Waals surface area contributed by atoms with Gasteiger partial charge in [0.2, 0.25) is 0 Å². The molecule has 34 heavy (non-hydrogen) atoms. The monoisotopic (exact) mass is 468 g/mol. The number of likely N-dealkylation sites (N-methyl/N-ethyl adjacent to an activating group) is 1. The maximum absolute atomic E-state index is 12.4. The number of hydrogen-bond acceptors (Lipinski definition) is 6. The lowest BCUT2D eigenvalue weighted by Gasteiger charge is -2.64. The minimum atomic E-state index is -1.25. The smallest absolute Gasteiger partial charge is 0.303 e. The average molecular weight is 469 g/mol. The summed E-state index contributed by atoms with van der Waals surface area (Å²) in [6.45, 7) is 14.0. The first kappa shape index (κ1) is 23.7. The zero-order chi connectivity index (χ0) is 24.8. The fraction of sp³-hybridized carbons (Fsp3) is 0.679. The molecule has 2 fully saturated rings. The van der Waals surface area contributed by atoms with Crippen LogP contribution in [-0.4, -0.2) is 67.0 Å². The molecule has 0 bridgehead atoms. The summed E-state index contributed by atoms with van der Waals surface area (Å²) in [4.78, 5) is 17.1. The number of anilines is 1. The van der Waals surface area contributed by atoms with Gasteiger partial charge in [-0.1, -0.05) is 39.8 Å². The van der Waals surface area contributed by atoms with E-state index in [2.05, 4.69) is 68.8 Å². The van der Waals surface area contributed by atoms with E-state index in [1.54, 1.807) is 7.11 Å². The number of carbonyl (C=O) groups excluding carboxylic acids is 1. The van der Waals surface area contributed by atoms with E-state index < -0.39 is 17.1 Å². The number of aliphatic hydroxyl groups is 1. The number of hydrogen-bond donors (Lipinski definition) is 1. The summed E-state index contributed by atoms with van der Waals surface area (Å²) >= 11 is 0. The van der Waals surface area contributed by atoms with Gasteiger partial charge in [0.1, 0.15) is 17.5 Å². The Bertz CT molecular complexity index is 1060. The minimum absolute atomic E-state index is 0.0856. The van der Waals surface area contributed by atoms with Crippen LogP contribution in [0.15, 0.2) is 24.3 Å². The number of esters is 1. The van der Waals surface area contributed by atoms with Crippen molar-refractivity contribution in [3.8, 4) is 5.75 Å². The second-order valence-corrected chi connectivity index (χ2v) is 12.1. The number of fused-ring (bicyclic) bond motifs is 1. The van der Waals surface area contributed by atoms with Gasteiger partial charge in [-0.05, 0) is 48.9 Å². The van der Waals surface area contributed by atoms with E-state index in [0.29, 0.717) is 0 Å². The number of carbonyl (C=O) groups is 1. The van der Waals surface area contributed by atoms with Gasteiger partial charge in [-0.2, -0.15) is 0 Å². The molecule has 0 amide bonds. The van der Waals surface area contributed by atoms with Gasteiger partial charge in [0.15, 0.2) is 0 Å². The number of methoxy groups -OCH3 is 1. The van der Waals surface area contributed by atoms with E-state index in [1.807, 2.05) is 6.92 Å². The van der Waals surface area contributed by atoms with E-state index in [-0.39, 0.29) is 28.9 Å². The lowest BCUT2D eigenvalue weighted by Crippen LogP contribution is -2.78. The third-order valence-electron chi connectivity index (χ3n) is 9.29. The molecule has 6 atom stereocenters. The predicted octanol–water partition coefficient (Wildman–Crippen LogP) is 3.79. The summed E-state index contributed by atoms with van der Waals surface area (Å²) in [5.41, 5.74) is 1.51. The highest BCUT2D eigenvalue weighted by Gasteiger charge is 2.76. The van der Waals surface area contributed by atoms with E-state index in [4.69, 9.17) is 9.47 Å². The Morgan fingerprint density at radius 1 is 1.26 bits per heavy atom. The van der Waals surface area contributed by atoms with E-state index in [1.165, 1.54) is 18.1 Å². The molecule has 1 aromatic carbocycles. The SMILES string of the molecule is CCC12C=CCN3CCC4(c5cc(C(C)(C)C)c(OC)cc5N(C)C4[C@](C)(O)C1OC(C)=O)C32. The van der Waals surface area contributed by atoms with Gasteiger partial charge in [0, 0.05) is 49.1 Å². The molecular formula is C28H40N2O4. The Morgan fingerprint density at radius 3 is 2.56 bits per heavy atom. The largest absolute Gasteiger partial charge is 0.496 e. The summed E-state index contributed by atoms with van der Waals surface area (Å²) in [5.74, 6) is 0.536. The van der Waals surface area contributed by atoms with Crippen LogP contribution in [0.4, 0.5) is 5.69 Å². The standard InChI is InChI=1S/C28H40N2O4/c1-9-27-11-10-13-30-14-12-28(23(27)30)18-15-19(25(3,4)5)21(33-8)16-20(18)29(7)22(28)26(6,32)24(27)34-17(2)31/h10-11,15-16,22-24,32H,9,12-14H2,1-8H3/t22?,23?,24?,26-,27?,28?/m0/s1. The first-order valence-corrected chi connectivity index (χ1v) is 12.6. The van der Waals surface area contributed by atoms with E-state index >= 15 is 0 Å². The minimum Gasteiger partial charge on any atom is -0.496 e. The van der Waals surface area contributed by atoms with Crippen molar-refractivity contribution in [1.82, 2.24) is 4.90 Å². The molecule has 6 nitrogen and oxygen atoms in total. The third-order valence-corrected chi connectivity index (χ3v) is 9.29. The summed E-state index contributed by atoms with van der Waals surface area (Å²) in [6.07, 6.45) is 5.58. The normalized spacial score (nSPS) is 38.4. The molecule has 6 heteroatoms. The van der Waals surface area contributed by atoms with Crippen LogP contribution in [0.5, 0.6) is 5.75 Å². The van der Waals surface area contributed by atoms with Crippen molar-refractivity contribution in [3.05, 3.63) is 35.4 Å². The number of nitrogens with zero attached hydrogens (tertiary/aromatic N) is 2. The quantitative estimate of drug-likeness (QED) is 0.538. The summed E-state index contributed by atoms with van der Waals surface area (Å²) in [6, 6.07) is 4.43. The molecule has 1 N–H and O–H groups in total. The van der Waals surface area contributed by atoms with Crippen molar-refractivity contribution in [2.75, 3.05) is 32.1 Å². The fourth-order valence-electron chi connectivity index (χ4n) is 8.35. The molecule has 1 spiro atoms. The Kier molecular flexibility index (Phi) is 5.04. The van der Waals surface area contributed by atoms with Gasteiger partial charge in [0.05, 0.1) is 13.2 Å². The van der Waals surface area contributed by atoms with Crippen LogP contribution in [-0.2, 0) is 20.4 Å². The molecular weight excluding hydrogens is 428 g/mol.